The van der Waals surface area contributed by atoms with Gasteiger partial charge in [-0.25, -0.2) is 14.0 Å². The average Bonchev–Trinajstić information content (AvgIpc) is 3.46. The van der Waals surface area contributed by atoms with Crippen LogP contribution in [0.3, 0.4) is 0 Å². The molecular weight excluding hydrogens is 596 g/mol. The average molecular weight is 629 g/mol. The molecule has 3 atom stereocenters. The molecule has 2 heterocycles. The number of urea groups is 1. The number of carbonyl (C=O) groups excluding carboxylic acids is 3. The van der Waals surface area contributed by atoms with Gasteiger partial charge in [-0.05, 0) is 59.2 Å². The van der Waals surface area contributed by atoms with E-state index in [0.717, 1.165) is 5.56 Å². The molecule has 0 unspecified atom stereocenters. The van der Waals surface area contributed by atoms with Gasteiger partial charge in [0, 0.05) is 36.0 Å². The van der Waals surface area contributed by atoms with E-state index in [2.05, 4.69) is 10.6 Å². The fourth-order valence-electron chi connectivity index (χ4n) is 6.42. The number of halogens is 3. The van der Waals surface area contributed by atoms with Crippen LogP contribution in [-0.2, 0) is 21.5 Å². The molecular formula is C32H32Cl2FN3O5. The van der Waals surface area contributed by atoms with Crippen LogP contribution in [0.2, 0.25) is 10.0 Å². The number of anilines is 1. The standard InChI is InChI=1S/C32H32Cl2FN3O5/c1-31(2,17-39)14-20-16-38(30(42)36-15-18-7-9-19(10-8-18)28(40)43-3)27(22-5-4-6-24(34)26(22)35)32(20)23-12-11-21(33)13-25(23)37-29(32)41/h4-13,20,27,39H,14-17H2,1-3H3,(H,36,42)(H,37,41)/t20-,27-,32+/m1/s1. The van der Waals surface area contributed by atoms with Crippen LogP contribution in [0.15, 0.2) is 60.7 Å². The third-order valence-electron chi connectivity index (χ3n) is 8.44. The van der Waals surface area contributed by atoms with Crippen molar-refractivity contribution in [3.8, 4) is 0 Å². The number of aliphatic hydroxyl groups excluding tert-OH is 1. The number of fused-ring (bicyclic) bond motifs is 2. The second kappa shape index (κ2) is 11.8. The molecule has 0 bridgehead atoms. The fraction of sp³-hybridized carbons (Fsp3) is 0.344. The Balaban J connectivity index is 1.60. The summed E-state index contributed by atoms with van der Waals surface area (Å²) in [6, 6.07) is 14.6. The Hall–Kier alpha value is -3.66. The van der Waals surface area contributed by atoms with E-state index in [9.17, 15) is 19.5 Å². The zero-order chi connectivity index (χ0) is 31.1. The number of rotatable bonds is 7. The number of amides is 3. The molecule has 1 fully saturated rings. The van der Waals surface area contributed by atoms with E-state index in [1.54, 1.807) is 54.6 Å². The van der Waals surface area contributed by atoms with Gasteiger partial charge in [-0.3, -0.25) is 4.79 Å². The highest BCUT2D eigenvalue weighted by Crippen LogP contribution is 2.60. The van der Waals surface area contributed by atoms with Crippen molar-refractivity contribution in [3.63, 3.8) is 0 Å². The van der Waals surface area contributed by atoms with Crippen molar-refractivity contribution < 1.29 is 28.6 Å². The van der Waals surface area contributed by atoms with Gasteiger partial charge in [-0.2, -0.15) is 0 Å². The largest absolute Gasteiger partial charge is 0.465 e. The van der Waals surface area contributed by atoms with Crippen molar-refractivity contribution in [1.29, 1.82) is 0 Å². The van der Waals surface area contributed by atoms with Gasteiger partial charge in [-0.15, -0.1) is 0 Å². The lowest BCUT2D eigenvalue weighted by Crippen LogP contribution is -2.48. The van der Waals surface area contributed by atoms with Gasteiger partial charge in [0.05, 0.1) is 23.7 Å². The van der Waals surface area contributed by atoms with Crippen molar-refractivity contribution in [3.05, 3.63) is 98.8 Å². The number of nitrogens with one attached hydrogen (secondary N) is 2. The van der Waals surface area contributed by atoms with E-state index in [-0.39, 0.29) is 36.2 Å². The minimum Gasteiger partial charge on any atom is -0.465 e. The number of ether oxygens (including phenoxy) is 1. The van der Waals surface area contributed by atoms with E-state index in [4.69, 9.17) is 27.9 Å². The lowest BCUT2D eigenvalue weighted by atomic mass is 9.63. The normalized spacial score (nSPS) is 21.1. The Morgan fingerprint density at radius 3 is 2.56 bits per heavy atom. The summed E-state index contributed by atoms with van der Waals surface area (Å²) in [4.78, 5) is 41.5. The van der Waals surface area contributed by atoms with Crippen LogP contribution in [0.25, 0.3) is 0 Å². The first-order chi connectivity index (χ1) is 20.4. The number of carbonyl (C=O) groups is 3. The van der Waals surface area contributed by atoms with Crippen LogP contribution >= 0.6 is 23.2 Å². The highest BCUT2D eigenvalue weighted by Gasteiger charge is 2.65. The molecule has 5 rings (SSSR count). The summed E-state index contributed by atoms with van der Waals surface area (Å²) < 4.78 is 20.6. The summed E-state index contributed by atoms with van der Waals surface area (Å²) in [7, 11) is 1.30. The van der Waals surface area contributed by atoms with Gasteiger partial charge >= 0.3 is 12.0 Å². The molecule has 0 radical (unpaired) electrons. The van der Waals surface area contributed by atoms with Gasteiger partial charge in [0.1, 0.15) is 11.2 Å². The second-order valence-corrected chi connectivity index (χ2v) is 12.6. The molecule has 43 heavy (non-hydrogen) atoms. The molecule has 0 aromatic heterocycles. The van der Waals surface area contributed by atoms with E-state index < -0.39 is 40.6 Å². The summed E-state index contributed by atoms with van der Waals surface area (Å²) in [5.74, 6) is -2.09. The van der Waals surface area contributed by atoms with Crippen molar-refractivity contribution in [2.75, 3.05) is 25.6 Å². The molecule has 0 saturated carbocycles. The van der Waals surface area contributed by atoms with E-state index in [1.165, 1.54) is 18.1 Å². The number of nitrogens with zero attached hydrogens (tertiary/aromatic N) is 1. The van der Waals surface area contributed by atoms with Crippen molar-refractivity contribution in [1.82, 2.24) is 10.2 Å². The van der Waals surface area contributed by atoms with Gasteiger partial charge in [0.25, 0.3) is 0 Å². The molecule has 3 N–H and O–H groups in total. The highest BCUT2D eigenvalue weighted by atomic mass is 35.5. The molecule has 3 amide bonds. The third kappa shape index (κ3) is 5.46. The molecule has 1 spiro atoms. The lowest BCUT2D eigenvalue weighted by molar-refractivity contribution is -0.123. The van der Waals surface area contributed by atoms with Gasteiger partial charge < -0.3 is 25.4 Å². The van der Waals surface area contributed by atoms with Crippen LogP contribution in [-0.4, -0.2) is 48.2 Å². The highest BCUT2D eigenvalue weighted by molar-refractivity contribution is 6.31. The predicted molar refractivity (Wildman–Crippen MR) is 162 cm³/mol. The maximum atomic E-state index is 15.9. The molecule has 11 heteroatoms. The predicted octanol–water partition coefficient (Wildman–Crippen LogP) is 6.10. The van der Waals surface area contributed by atoms with E-state index in [0.29, 0.717) is 28.3 Å². The first-order valence-corrected chi connectivity index (χ1v) is 14.6. The van der Waals surface area contributed by atoms with Crippen LogP contribution < -0.4 is 10.6 Å². The Labute approximate surface area is 259 Å². The quantitative estimate of drug-likeness (QED) is 0.274. The third-order valence-corrected chi connectivity index (χ3v) is 8.96. The minimum atomic E-state index is -1.41. The maximum absolute atomic E-state index is 15.9. The van der Waals surface area contributed by atoms with Crippen molar-refractivity contribution in [2.24, 2.45) is 11.3 Å². The van der Waals surface area contributed by atoms with Gasteiger partial charge in [-0.1, -0.05) is 67.4 Å². The summed E-state index contributed by atoms with van der Waals surface area (Å²) in [6.45, 7) is 3.82. The Morgan fingerprint density at radius 2 is 1.88 bits per heavy atom. The van der Waals surface area contributed by atoms with E-state index >= 15 is 4.39 Å². The number of aliphatic hydroxyl groups is 1. The second-order valence-electron chi connectivity index (χ2n) is 11.8. The topological polar surface area (TPSA) is 108 Å². The maximum Gasteiger partial charge on any atom is 0.337 e. The first-order valence-electron chi connectivity index (χ1n) is 13.8. The SMILES string of the molecule is COC(=O)c1ccc(CNC(=O)N2C[C@@H](CC(C)(C)CO)[C@@]3(C(=O)Nc4cc(Cl)ccc43)[C@H]2c2cccc(Cl)c2F)cc1. The summed E-state index contributed by atoms with van der Waals surface area (Å²) >= 11 is 12.5. The molecule has 0 aliphatic carbocycles. The molecule has 3 aromatic rings. The number of methoxy groups -OCH3 is 1. The van der Waals surface area contributed by atoms with Crippen molar-refractivity contribution in [2.45, 2.75) is 38.3 Å². The molecule has 2 aliphatic heterocycles. The Morgan fingerprint density at radius 1 is 1.16 bits per heavy atom. The zero-order valence-electron chi connectivity index (χ0n) is 23.9. The first kappa shape index (κ1) is 30.8. The van der Waals surface area contributed by atoms with E-state index in [1.807, 2.05) is 13.8 Å². The van der Waals surface area contributed by atoms with Crippen LogP contribution in [0.5, 0.6) is 0 Å². The fourth-order valence-corrected chi connectivity index (χ4v) is 6.77. The molecule has 226 valence electrons. The molecule has 3 aromatic carbocycles. The van der Waals surface area contributed by atoms with Gasteiger partial charge in [0.15, 0.2) is 0 Å². The van der Waals surface area contributed by atoms with Crippen molar-refractivity contribution >= 4 is 46.8 Å². The molecule has 8 nitrogen and oxygen atoms in total. The number of benzene rings is 3. The Kier molecular flexibility index (Phi) is 8.44. The monoisotopic (exact) mass is 627 g/mol. The molecule has 2 aliphatic rings. The number of hydrogen-bond acceptors (Lipinski definition) is 5. The summed E-state index contributed by atoms with van der Waals surface area (Å²) in [6.07, 6.45) is 0.358. The number of esters is 1. The minimum absolute atomic E-state index is 0.0998. The number of hydrogen-bond donors (Lipinski definition) is 3. The zero-order valence-corrected chi connectivity index (χ0v) is 25.4. The van der Waals surface area contributed by atoms with Crippen LogP contribution in [0.4, 0.5) is 14.9 Å². The molecule has 1 saturated heterocycles. The smallest absolute Gasteiger partial charge is 0.337 e. The lowest BCUT2D eigenvalue weighted by Gasteiger charge is -2.38. The van der Waals surface area contributed by atoms with Crippen LogP contribution in [0, 0.1) is 17.2 Å². The summed E-state index contributed by atoms with van der Waals surface area (Å²) in [5.41, 5.74) is 0.263. The Bertz CT molecular complexity index is 1580. The van der Waals surface area contributed by atoms with Gasteiger partial charge in [0.2, 0.25) is 5.91 Å². The number of likely N-dealkylation sites (tertiary alicyclic amines) is 1. The summed E-state index contributed by atoms with van der Waals surface area (Å²) in [5, 5.41) is 16.3. The van der Waals surface area contributed by atoms with Crippen LogP contribution in [0.1, 0.15) is 53.4 Å².